The fourth-order valence-electron chi connectivity index (χ4n) is 1.73. The van der Waals surface area contributed by atoms with E-state index in [2.05, 4.69) is 4.98 Å². The first-order valence-electron chi connectivity index (χ1n) is 5.14. The Bertz CT molecular complexity index is 517. The number of hydrogen-bond donors (Lipinski definition) is 2. The van der Waals surface area contributed by atoms with Crippen molar-refractivity contribution >= 4 is 16.7 Å². The van der Waals surface area contributed by atoms with Crippen molar-refractivity contribution in [3.05, 3.63) is 30.0 Å². The Morgan fingerprint density at radius 2 is 2.31 bits per heavy atom. The number of aromatic nitrogens is 1. The molecule has 4 nitrogen and oxygen atoms in total. The maximum absolute atomic E-state index is 11.8. The summed E-state index contributed by atoms with van der Waals surface area (Å²) in [4.78, 5) is 14.9. The van der Waals surface area contributed by atoms with Crippen molar-refractivity contribution in [3.8, 4) is 5.75 Å². The number of methoxy groups -OCH3 is 1. The van der Waals surface area contributed by atoms with E-state index in [1.165, 1.54) is 0 Å². The zero-order valence-electron chi connectivity index (χ0n) is 9.12. The van der Waals surface area contributed by atoms with E-state index >= 15 is 0 Å². The number of rotatable bonds is 4. The molecule has 2 aromatic rings. The van der Waals surface area contributed by atoms with Crippen molar-refractivity contribution in [2.45, 2.75) is 6.42 Å². The van der Waals surface area contributed by atoms with E-state index in [1.807, 2.05) is 24.4 Å². The van der Waals surface area contributed by atoms with Crippen molar-refractivity contribution < 1.29 is 9.53 Å². The highest BCUT2D eigenvalue weighted by atomic mass is 16.5. The Kier molecular flexibility index (Phi) is 2.92. The molecule has 0 atom stereocenters. The third kappa shape index (κ3) is 1.79. The summed E-state index contributed by atoms with van der Waals surface area (Å²) in [7, 11) is 1.56. The number of fused-ring (bicyclic) bond motifs is 1. The van der Waals surface area contributed by atoms with Crippen LogP contribution in [-0.4, -0.2) is 24.4 Å². The minimum absolute atomic E-state index is 0.0162. The molecule has 0 saturated carbocycles. The van der Waals surface area contributed by atoms with Gasteiger partial charge in [0.1, 0.15) is 5.75 Å². The van der Waals surface area contributed by atoms with E-state index in [0.717, 1.165) is 10.9 Å². The number of Topliss-reactive ketones (excluding diaryl/α,β-unsaturated/α-hetero) is 1. The molecular formula is C12H14N2O2. The van der Waals surface area contributed by atoms with Gasteiger partial charge in [0.25, 0.3) is 0 Å². The number of carbonyl (C=O) groups is 1. The molecule has 0 saturated heterocycles. The van der Waals surface area contributed by atoms with Gasteiger partial charge in [-0.1, -0.05) is 0 Å². The highest BCUT2D eigenvalue weighted by molar-refractivity contribution is 6.02. The Hall–Kier alpha value is -1.81. The molecule has 1 aromatic carbocycles. The van der Waals surface area contributed by atoms with Gasteiger partial charge in [-0.2, -0.15) is 0 Å². The molecule has 84 valence electrons. The average Bonchev–Trinajstić information content (AvgIpc) is 2.74. The molecule has 0 spiro atoms. The largest absolute Gasteiger partial charge is 0.496 e. The number of ketones is 1. The zero-order valence-corrected chi connectivity index (χ0v) is 9.12. The summed E-state index contributed by atoms with van der Waals surface area (Å²) in [6.45, 7) is 0.354. The average molecular weight is 218 g/mol. The van der Waals surface area contributed by atoms with Gasteiger partial charge in [0, 0.05) is 29.6 Å². The van der Waals surface area contributed by atoms with Gasteiger partial charge in [-0.05, 0) is 18.7 Å². The van der Waals surface area contributed by atoms with Gasteiger partial charge in [-0.25, -0.2) is 0 Å². The summed E-state index contributed by atoms with van der Waals surface area (Å²) in [5, 5.41) is 1.00. The van der Waals surface area contributed by atoms with Crippen LogP contribution in [0.5, 0.6) is 5.75 Å². The number of benzene rings is 1. The van der Waals surface area contributed by atoms with Crippen LogP contribution < -0.4 is 10.5 Å². The molecule has 1 heterocycles. The lowest BCUT2D eigenvalue weighted by atomic mass is 10.0. The minimum Gasteiger partial charge on any atom is -0.496 e. The number of H-pyrrole nitrogens is 1. The zero-order chi connectivity index (χ0) is 11.5. The van der Waals surface area contributed by atoms with Gasteiger partial charge in [-0.15, -0.1) is 0 Å². The SMILES string of the molecule is COc1cc2[nH]ccc2cc1C(=O)CCN. The maximum Gasteiger partial charge on any atom is 0.167 e. The Labute approximate surface area is 93.4 Å². The number of nitrogens with two attached hydrogens (primary N) is 1. The molecular weight excluding hydrogens is 204 g/mol. The van der Waals surface area contributed by atoms with E-state index in [1.54, 1.807) is 7.11 Å². The molecule has 4 heteroatoms. The van der Waals surface area contributed by atoms with Gasteiger partial charge >= 0.3 is 0 Å². The number of nitrogens with one attached hydrogen (secondary N) is 1. The fraction of sp³-hybridized carbons (Fsp3) is 0.250. The van der Waals surface area contributed by atoms with E-state index in [0.29, 0.717) is 24.3 Å². The van der Waals surface area contributed by atoms with Crippen molar-refractivity contribution in [2.24, 2.45) is 5.73 Å². The third-order valence-electron chi connectivity index (χ3n) is 2.55. The second-order valence-corrected chi connectivity index (χ2v) is 3.58. The lowest BCUT2D eigenvalue weighted by molar-refractivity contribution is 0.0982. The van der Waals surface area contributed by atoms with E-state index in [9.17, 15) is 4.79 Å². The van der Waals surface area contributed by atoms with Crippen LogP contribution in [0.3, 0.4) is 0 Å². The van der Waals surface area contributed by atoms with Crippen molar-refractivity contribution in [2.75, 3.05) is 13.7 Å². The Morgan fingerprint density at radius 1 is 1.50 bits per heavy atom. The monoisotopic (exact) mass is 218 g/mol. The summed E-state index contributed by atoms with van der Waals surface area (Å²) >= 11 is 0. The second kappa shape index (κ2) is 4.37. The molecule has 0 aliphatic rings. The van der Waals surface area contributed by atoms with Gasteiger partial charge in [-0.3, -0.25) is 4.79 Å². The molecule has 16 heavy (non-hydrogen) atoms. The van der Waals surface area contributed by atoms with Crippen LogP contribution in [-0.2, 0) is 0 Å². The van der Waals surface area contributed by atoms with Crippen LogP contribution in [0.4, 0.5) is 0 Å². The first kappa shape index (κ1) is 10.7. The number of hydrogen-bond acceptors (Lipinski definition) is 3. The molecule has 1 aromatic heterocycles. The van der Waals surface area contributed by atoms with Crippen LogP contribution >= 0.6 is 0 Å². The first-order valence-corrected chi connectivity index (χ1v) is 5.14. The van der Waals surface area contributed by atoms with E-state index < -0.39 is 0 Å². The predicted molar refractivity (Wildman–Crippen MR) is 62.9 cm³/mol. The van der Waals surface area contributed by atoms with Crippen LogP contribution in [0.25, 0.3) is 10.9 Å². The highest BCUT2D eigenvalue weighted by Crippen LogP contribution is 2.26. The summed E-state index contributed by atoms with van der Waals surface area (Å²) < 4.78 is 5.21. The molecule has 0 aliphatic carbocycles. The maximum atomic E-state index is 11.8. The predicted octanol–water partition coefficient (Wildman–Crippen LogP) is 1.71. The smallest absolute Gasteiger partial charge is 0.167 e. The highest BCUT2D eigenvalue weighted by Gasteiger charge is 2.13. The lowest BCUT2D eigenvalue weighted by Gasteiger charge is -2.07. The Balaban J connectivity index is 2.52. The van der Waals surface area contributed by atoms with Crippen LogP contribution in [0.2, 0.25) is 0 Å². The molecule has 0 radical (unpaired) electrons. The fourth-order valence-corrected chi connectivity index (χ4v) is 1.73. The number of ether oxygens (including phenoxy) is 1. The van der Waals surface area contributed by atoms with Crippen LogP contribution in [0.15, 0.2) is 24.4 Å². The van der Waals surface area contributed by atoms with Crippen LogP contribution in [0, 0.1) is 0 Å². The third-order valence-corrected chi connectivity index (χ3v) is 2.55. The van der Waals surface area contributed by atoms with E-state index in [-0.39, 0.29) is 5.78 Å². The number of carbonyl (C=O) groups excluding carboxylic acids is 1. The Morgan fingerprint density at radius 3 is 3.00 bits per heavy atom. The molecule has 0 amide bonds. The molecule has 0 aliphatic heterocycles. The molecule has 3 N–H and O–H groups in total. The van der Waals surface area contributed by atoms with Gasteiger partial charge in [0.2, 0.25) is 0 Å². The minimum atomic E-state index is 0.0162. The first-order chi connectivity index (χ1) is 7.76. The summed E-state index contributed by atoms with van der Waals surface area (Å²) in [5.74, 6) is 0.607. The standard InChI is InChI=1S/C12H14N2O2/c1-16-12-7-10-8(3-5-14-10)6-9(12)11(15)2-4-13/h3,5-7,14H,2,4,13H2,1H3. The summed E-state index contributed by atoms with van der Waals surface area (Å²) in [6.07, 6.45) is 2.17. The molecule has 2 rings (SSSR count). The van der Waals surface area contributed by atoms with Crippen molar-refractivity contribution in [1.82, 2.24) is 4.98 Å². The second-order valence-electron chi connectivity index (χ2n) is 3.58. The van der Waals surface area contributed by atoms with Gasteiger partial charge in [0.15, 0.2) is 5.78 Å². The van der Waals surface area contributed by atoms with Gasteiger partial charge in [0.05, 0.1) is 12.7 Å². The molecule has 0 fully saturated rings. The van der Waals surface area contributed by atoms with Crippen molar-refractivity contribution in [1.29, 1.82) is 0 Å². The summed E-state index contributed by atoms with van der Waals surface area (Å²) in [6, 6.07) is 5.59. The van der Waals surface area contributed by atoms with Gasteiger partial charge < -0.3 is 15.5 Å². The van der Waals surface area contributed by atoms with Crippen LogP contribution in [0.1, 0.15) is 16.8 Å². The topological polar surface area (TPSA) is 68.1 Å². The number of aromatic amines is 1. The molecule has 0 bridgehead atoms. The van der Waals surface area contributed by atoms with Crippen molar-refractivity contribution in [3.63, 3.8) is 0 Å². The molecule has 0 unspecified atom stereocenters. The normalized spacial score (nSPS) is 10.6. The quantitative estimate of drug-likeness (QED) is 0.767. The van der Waals surface area contributed by atoms with E-state index in [4.69, 9.17) is 10.5 Å². The lowest BCUT2D eigenvalue weighted by Crippen LogP contribution is -2.09. The summed E-state index contributed by atoms with van der Waals surface area (Å²) in [5.41, 5.74) is 6.94.